The summed E-state index contributed by atoms with van der Waals surface area (Å²) in [6.07, 6.45) is 0. The van der Waals surface area contributed by atoms with Crippen LogP contribution in [-0.2, 0) is 6.54 Å². The molecule has 0 heterocycles. The van der Waals surface area contributed by atoms with Crippen LogP contribution in [0.3, 0.4) is 0 Å². The molecule has 0 radical (unpaired) electrons. The van der Waals surface area contributed by atoms with Gasteiger partial charge >= 0.3 is 5.69 Å². The third-order valence-corrected chi connectivity index (χ3v) is 3.36. The van der Waals surface area contributed by atoms with Crippen molar-refractivity contribution in [1.82, 2.24) is 0 Å². The maximum atomic E-state index is 13.6. The van der Waals surface area contributed by atoms with E-state index in [9.17, 15) is 23.3 Å². The van der Waals surface area contributed by atoms with Gasteiger partial charge in [0.15, 0.2) is 0 Å². The zero-order valence-corrected chi connectivity index (χ0v) is 12.0. The highest BCUT2D eigenvalue weighted by atomic mass is 79.9. The van der Waals surface area contributed by atoms with Crippen molar-refractivity contribution in [2.24, 2.45) is 0 Å². The van der Waals surface area contributed by atoms with Gasteiger partial charge in [0.2, 0.25) is 5.82 Å². The van der Waals surface area contributed by atoms with Crippen LogP contribution < -0.4 is 5.32 Å². The largest absolute Gasteiger partial charge is 0.381 e. The zero-order chi connectivity index (χ0) is 15.6. The average Bonchev–Trinajstić information content (AvgIpc) is 2.41. The summed E-state index contributed by atoms with van der Waals surface area (Å²) in [4.78, 5) is 9.68. The molecule has 0 bridgehead atoms. The monoisotopic (exact) mass is 360 g/mol. The van der Waals surface area contributed by atoms with Crippen LogP contribution in [0.15, 0.2) is 34.8 Å². The molecule has 0 spiro atoms. The van der Waals surface area contributed by atoms with Gasteiger partial charge in [-0.1, -0.05) is 0 Å². The number of hydrogen-bond acceptors (Lipinski definition) is 3. The molecule has 1 N–H and O–H groups in total. The normalized spacial score (nSPS) is 10.5. The average molecular weight is 361 g/mol. The molecule has 2 aromatic rings. The Morgan fingerprint density at radius 2 is 1.81 bits per heavy atom. The van der Waals surface area contributed by atoms with Crippen molar-refractivity contribution in [1.29, 1.82) is 0 Å². The van der Waals surface area contributed by atoms with Gasteiger partial charge in [-0.05, 0) is 34.1 Å². The van der Waals surface area contributed by atoms with Crippen molar-refractivity contribution in [2.45, 2.75) is 6.54 Å². The Morgan fingerprint density at radius 3 is 2.43 bits per heavy atom. The van der Waals surface area contributed by atoms with Crippen molar-refractivity contribution in [2.75, 3.05) is 5.32 Å². The fraction of sp³-hybridized carbons (Fsp3) is 0.0769. The van der Waals surface area contributed by atoms with Crippen molar-refractivity contribution >= 4 is 27.3 Å². The number of rotatable bonds is 4. The first-order valence-corrected chi connectivity index (χ1v) is 6.49. The lowest BCUT2D eigenvalue weighted by Gasteiger charge is -2.08. The van der Waals surface area contributed by atoms with Crippen LogP contribution in [-0.4, -0.2) is 4.92 Å². The molecular weight excluding hydrogens is 353 g/mol. The molecule has 2 aromatic carbocycles. The quantitative estimate of drug-likeness (QED) is 0.649. The molecule has 0 unspecified atom stereocenters. The van der Waals surface area contributed by atoms with Crippen LogP contribution in [0.2, 0.25) is 0 Å². The number of anilines is 1. The minimum absolute atomic E-state index is 0.0913. The SMILES string of the molecule is O=[N+]([O-])c1cc(CNc2ccc(Br)c(F)c2)c(F)cc1F. The topological polar surface area (TPSA) is 55.2 Å². The lowest BCUT2D eigenvalue weighted by molar-refractivity contribution is -0.387. The fourth-order valence-corrected chi connectivity index (χ4v) is 1.91. The second-order valence-electron chi connectivity index (χ2n) is 4.13. The number of benzene rings is 2. The van der Waals surface area contributed by atoms with Crippen molar-refractivity contribution < 1.29 is 18.1 Å². The number of hydrogen-bond donors (Lipinski definition) is 1. The molecule has 0 atom stereocenters. The summed E-state index contributed by atoms with van der Waals surface area (Å²) in [5.74, 6) is -2.66. The second kappa shape index (κ2) is 6.13. The first-order valence-electron chi connectivity index (χ1n) is 5.69. The highest BCUT2D eigenvalue weighted by Gasteiger charge is 2.18. The molecule has 110 valence electrons. The summed E-state index contributed by atoms with van der Waals surface area (Å²) in [7, 11) is 0. The number of nitro groups is 1. The molecule has 0 aromatic heterocycles. The summed E-state index contributed by atoms with van der Waals surface area (Å²) >= 11 is 2.99. The Bertz CT molecular complexity index is 710. The van der Waals surface area contributed by atoms with Crippen LogP contribution in [0.1, 0.15) is 5.56 Å². The number of nitrogens with one attached hydrogen (secondary N) is 1. The lowest BCUT2D eigenvalue weighted by Crippen LogP contribution is -2.04. The molecule has 0 amide bonds. The highest BCUT2D eigenvalue weighted by molar-refractivity contribution is 9.10. The minimum Gasteiger partial charge on any atom is -0.381 e. The minimum atomic E-state index is -1.24. The van der Waals surface area contributed by atoms with Gasteiger partial charge in [0.05, 0.1) is 9.40 Å². The van der Waals surface area contributed by atoms with E-state index in [-0.39, 0.29) is 16.6 Å². The van der Waals surface area contributed by atoms with Crippen LogP contribution in [0.25, 0.3) is 0 Å². The van der Waals surface area contributed by atoms with E-state index in [4.69, 9.17) is 0 Å². The van der Waals surface area contributed by atoms with Gasteiger partial charge in [-0.25, -0.2) is 8.78 Å². The molecule has 8 heteroatoms. The van der Waals surface area contributed by atoms with Crippen molar-refractivity contribution in [3.8, 4) is 0 Å². The van der Waals surface area contributed by atoms with Gasteiger partial charge in [-0.15, -0.1) is 0 Å². The molecule has 2 rings (SSSR count). The van der Waals surface area contributed by atoms with Gasteiger partial charge in [0.1, 0.15) is 11.6 Å². The summed E-state index contributed by atoms with van der Waals surface area (Å²) in [6, 6.07) is 5.45. The van der Waals surface area contributed by atoms with E-state index in [2.05, 4.69) is 21.2 Å². The Hall–Kier alpha value is -2.09. The summed E-state index contributed by atoms with van der Waals surface area (Å²) in [6.45, 7) is -0.145. The third kappa shape index (κ3) is 3.52. The van der Waals surface area contributed by atoms with E-state index in [1.54, 1.807) is 6.07 Å². The van der Waals surface area contributed by atoms with Crippen LogP contribution in [0, 0.1) is 27.6 Å². The molecule has 21 heavy (non-hydrogen) atoms. The Morgan fingerprint density at radius 1 is 1.10 bits per heavy atom. The van der Waals surface area contributed by atoms with Gasteiger partial charge in [0.25, 0.3) is 0 Å². The van der Waals surface area contributed by atoms with Gasteiger partial charge < -0.3 is 5.32 Å². The predicted octanol–water partition coefficient (Wildman–Crippen LogP) is 4.39. The lowest BCUT2D eigenvalue weighted by atomic mass is 10.1. The predicted molar refractivity (Wildman–Crippen MR) is 74.4 cm³/mol. The van der Waals surface area contributed by atoms with E-state index in [0.29, 0.717) is 11.8 Å². The zero-order valence-electron chi connectivity index (χ0n) is 10.4. The van der Waals surface area contributed by atoms with Crippen molar-refractivity contribution in [3.63, 3.8) is 0 Å². The fourth-order valence-electron chi connectivity index (χ4n) is 1.66. The van der Waals surface area contributed by atoms with E-state index in [1.807, 2.05) is 0 Å². The Labute approximate surface area is 125 Å². The summed E-state index contributed by atoms with van der Waals surface area (Å²) in [5.41, 5.74) is -0.538. The summed E-state index contributed by atoms with van der Waals surface area (Å²) in [5, 5.41) is 13.3. The van der Waals surface area contributed by atoms with Gasteiger partial charge in [0, 0.05) is 29.9 Å². The number of nitro benzene ring substituents is 1. The molecule has 0 aliphatic heterocycles. The molecule has 4 nitrogen and oxygen atoms in total. The molecule has 0 aliphatic carbocycles. The van der Waals surface area contributed by atoms with Crippen molar-refractivity contribution in [3.05, 3.63) is 67.9 Å². The van der Waals surface area contributed by atoms with Gasteiger partial charge in [-0.3, -0.25) is 10.1 Å². The Kier molecular flexibility index (Phi) is 4.46. The number of nitrogens with zero attached hydrogens (tertiary/aromatic N) is 1. The van der Waals surface area contributed by atoms with E-state index in [1.165, 1.54) is 12.1 Å². The molecular formula is C13H8BrF3N2O2. The maximum absolute atomic E-state index is 13.6. The molecule has 0 aliphatic rings. The third-order valence-electron chi connectivity index (χ3n) is 2.72. The molecule has 0 saturated carbocycles. The molecule has 0 saturated heterocycles. The van der Waals surface area contributed by atoms with Crippen LogP contribution >= 0.6 is 15.9 Å². The Balaban J connectivity index is 2.21. The first-order chi connectivity index (χ1) is 9.88. The van der Waals surface area contributed by atoms with Crippen LogP contribution in [0.4, 0.5) is 24.5 Å². The number of halogens is 4. The maximum Gasteiger partial charge on any atom is 0.305 e. The summed E-state index contributed by atoms with van der Waals surface area (Å²) < 4.78 is 40.3. The highest BCUT2D eigenvalue weighted by Crippen LogP contribution is 2.23. The standard InChI is InChI=1S/C13H8BrF3N2O2/c14-9-2-1-8(4-11(9)16)18-6-7-3-13(19(20)21)12(17)5-10(7)15/h1-5,18H,6H2. The van der Waals surface area contributed by atoms with Crippen LogP contribution in [0.5, 0.6) is 0 Å². The van der Waals surface area contributed by atoms with E-state index in [0.717, 1.165) is 6.07 Å². The second-order valence-corrected chi connectivity index (χ2v) is 4.99. The van der Waals surface area contributed by atoms with E-state index < -0.39 is 28.1 Å². The van der Waals surface area contributed by atoms with E-state index >= 15 is 0 Å². The van der Waals surface area contributed by atoms with Gasteiger partial charge in [-0.2, -0.15) is 4.39 Å². The smallest absolute Gasteiger partial charge is 0.305 e. The first kappa shape index (κ1) is 15.3. The molecule has 0 fully saturated rings.